The topological polar surface area (TPSA) is 103 Å². The molecule has 0 bridgehead atoms. The lowest BCUT2D eigenvalue weighted by Gasteiger charge is -2.15. The maximum Gasteiger partial charge on any atom is 0.279 e. The van der Waals surface area contributed by atoms with E-state index in [4.69, 9.17) is 0 Å². The Morgan fingerprint density at radius 1 is 1.04 bits per heavy atom. The fourth-order valence-corrected chi connectivity index (χ4v) is 2.73. The third kappa shape index (κ3) is 4.23. The maximum absolute atomic E-state index is 11.2. The second-order valence-electron chi connectivity index (χ2n) is 5.18. The summed E-state index contributed by atoms with van der Waals surface area (Å²) < 4.78 is 0.886. The van der Waals surface area contributed by atoms with Gasteiger partial charge >= 0.3 is 0 Å². The van der Waals surface area contributed by atoms with Crippen LogP contribution in [-0.2, 0) is 11.2 Å². The number of hydrogen-bond donors (Lipinski definition) is 0. The molecule has 124 valence electrons. The fraction of sp³-hybridized carbons (Fsp3) is 0.188. The van der Waals surface area contributed by atoms with E-state index in [9.17, 15) is 25.0 Å². The van der Waals surface area contributed by atoms with E-state index in [1.165, 1.54) is 12.1 Å². The zero-order chi connectivity index (χ0) is 17.7. The normalized spacial score (nSPS) is 11.7. The summed E-state index contributed by atoms with van der Waals surface area (Å²) in [7, 11) is 0. The Bertz CT molecular complexity index is 777. The van der Waals surface area contributed by atoms with E-state index in [2.05, 4.69) is 15.9 Å². The molecule has 0 radical (unpaired) electrons. The van der Waals surface area contributed by atoms with Crippen LogP contribution in [0.5, 0.6) is 0 Å². The number of benzene rings is 2. The molecule has 1 atom stereocenters. The summed E-state index contributed by atoms with van der Waals surface area (Å²) in [5.74, 6) is -0.240. The van der Waals surface area contributed by atoms with Crippen LogP contribution < -0.4 is 0 Å². The number of nitrogens with zero attached hydrogens (tertiary/aromatic N) is 2. The molecule has 2 aromatic rings. The molecule has 0 unspecified atom stereocenters. The van der Waals surface area contributed by atoms with Crippen molar-refractivity contribution in [2.45, 2.75) is 18.8 Å². The zero-order valence-corrected chi connectivity index (χ0v) is 14.0. The van der Waals surface area contributed by atoms with Gasteiger partial charge in [-0.3, -0.25) is 20.2 Å². The quantitative estimate of drug-likeness (QED) is 0.399. The monoisotopic (exact) mass is 392 g/mol. The first-order valence-corrected chi connectivity index (χ1v) is 7.82. The summed E-state index contributed by atoms with van der Waals surface area (Å²) in [5.41, 5.74) is 0.594. The van der Waals surface area contributed by atoms with Crippen molar-refractivity contribution in [2.75, 3.05) is 0 Å². The number of hydrogen-bond acceptors (Lipinski definition) is 5. The molecule has 0 aliphatic rings. The molecule has 7 nitrogen and oxygen atoms in total. The average molecular weight is 393 g/mol. The van der Waals surface area contributed by atoms with Crippen molar-refractivity contribution < 1.29 is 14.6 Å². The van der Waals surface area contributed by atoms with Crippen molar-refractivity contribution in [3.63, 3.8) is 0 Å². The maximum atomic E-state index is 11.2. The highest BCUT2D eigenvalue weighted by Gasteiger charge is 2.22. The summed E-state index contributed by atoms with van der Waals surface area (Å²) in [6.45, 7) is 0. The summed E-state index contributed by atoms with van der Waals surface area (Å²) >= 11 is 3.33. The summed E-state index contributed by atoms with van der Waals surface area (Å²) in [6, 6.07) is 10.9. The van der Waals surface area contributed by atoms with E-state index >= 15 is 0 Å². The fourth-order valence-electron chi connectivity index (χ4n) is 2.46. The Kier molecular flexibility index (Phi) is 5.75. The molecule has 0 aliphatic heterocycles. The first-order chi connectivity index (χ1) is 11.4. The number of carbonyl (C=O) groups excluding carboxylic acids is 1. The Morgan fingerprint density at radius 3 is 2.25 bits per heavy atom. The van der Waals surface area contributed by atoms with E-state index in [1.807, 2.05) is 24.3 Å². The van der Waals surface area contributed by atoms with E-state index < -0.39 is 9.85 Å². The number of nitro benzene ring substituents is 2. The number of rotatable bonds is 7. The number of halogens is 1. The van der Waals surface area contributed by atoms with Crippen molar-refractivity contribution in [1.82, 2.24) is 0 Å². The van der Waals surface area contributed by atoms with Gasteiger partial charge in [0.1, 0.15) is 6.29 Å². The molecule has 0 N–H and O–H groups in total. The molecule has 0 amide bonds. The number of nitro groups is 2. The van der Waals surface area contributed by atoms with Crippen LogP contribution in [0.3, 0.4) is 0 Å². The summed E-state index contributed by atoms with van der Waals surface area (Å²) in [6.07, 6.45) is 1.22. The van der Waals surface area contributed by atoms with Crippen molar-refractivity contribution in [2.24, 2.45) is 0 Å². The van der Waals surface area contributed by atoms with Crippen molar-refractivity contribution in [1.29, 1.82) is 0 Å². The number of non-ortho nitro benzene ring substituents is 1. The first kappa shape index (κ1) is 17.7. The standard InChI is InChI=1S/C16H13BrN2O5/c17-14-4-1-11(2-5-14)12(7-8-20)9-13-3-6-15(18(21)22)10-16(13)19(23)24/h1-6,8,10,12H,7,9H2/t12-/m1/s1. The van der Waals surface area contributed by atoms with Crippen LogP contribution in [0.15, 0.2) is 46.9 Å². The molecule has 0 heterocycles. The smallest absolute Gasteiger partial charge is 0.279 e. The van der Waals surface area contributed by atoms with E-state index in [0.717, 1.165) is 22.4 Å². The van der Waals surface area contributed by atoms with Crippen LogP contribution in [0.4, 0.5) is 11.4 Å². The van der Waals surface area contributed by atoms with Crippen LogP contribution in [0.25, 0.3) is 0 Å². The highest BCUT2D eigenvalue weighted by atomic mass is 79.9. The predicted molar refractivity (Wildman–Crippen MR) is 91.0 cm³/mol. The van der Waals surface area contributed by atoms with Crippen molar-refractivity contribution >= 4 is 33.6 Å². The second kappa shape index (κ2) is 7.78. The third-order valence-electron chi connectivity index (χ3n) is 3.66. The van der Waals surface area contributed by atoms with Crippen molar-refractivity contribution in [3.8, 4) is 0 Å². The summed E-state index contributed by atoms with van der Waals surface area (Å²) in [5, 5.41) is 22.0. The highest BCUT2D eigenvalue weighted by Crippen LogP contribution is 2.31. The molecule has 24 heavy (non-hydrogen) atoms. The molecule has 0 aliphatic carbocycles. The van der Waals surface area contributed by atoms with Gasteiger partial charge in [0.25, 0.3) is 11.4 Å². The van der Waals surface area contributed by atoms with Crippen LogP contribution >= 0.6 is 15.9 Å². The van der Waals surface area contributed by atoms with Gasteiger partial charge in [-0.05, 0) is 36.1 Å². The van der Waals surface area contributed by atoms with Gasteiger partial charge in [0.15, 0.2) is 0 Å². The van der Waals surface area contributed by atoms with Gasteiger partial charge in [-0.2, -0.15) is 0 Å². The zero-order valence-electron chi connectivity index (χ0n) is 12.4. The molecule has 0 spiro atoms. The minimum absolute atomic E-state index is 0.204. The minimum atomic E-state index is -0.672. The Morgan fingerprint density at radius 2 is 1.71 bits per heavy atom. The van der Waals surface area contributed by atoms with Crippen LogP contribution in [-0.4, -0.2) is 16.1 Å². The van der Waals surface area contributed by atoms with E-state index in [1.54, 1.807) is 0 Å². The highest BCUT2D eigenvalue weighted by molar-refractivity contribution is 9.10. The molecule has 0 saturated heterocycles. The summed E-state index contributed by atoms with van der Waals surface area (Å²) in [4.78, 5) is 31.7. The SMILES string of the molecule is O=CC[C@H](Cc1ccc([N+](=O)[O-])cc1[N+](=O)[O-])c1ccc(Br)cc1. The molecule has 2 rings (SSSR count). The number of aldehydes is 1. The molecular weight excluding hydrogens is 380 g/mol. The van der Waals surface area contributed by atoms with Crippen LogP contribution in [0.2, 0.25) is 0 Å². The predicted octanol–water partition coefficient (Wildman–Crippen LogP) is 4.18. The van der Waals surface area contributed by atoms with Gasteiger partial charge in [0, 0.05) is 22.5 Å². The van der Waals surface area contributed by atoms with Gasteiger partial charge < -0.3 is 4.79 Å². The lowest BCUT2D eigenvalue weighted by molar-refractivity contribution is -0.394. The van der Waals surface area contributed by atoms with E-state index in [-0.39, 0.29) is 30.1 Å². The van der Waals surface area contributed by atoms with Gasteiger partial charge in [-0.15, -0.1) is 0 Å². The first-order valence-electron chi connectivity index (χ1n) is 7.03. The van der Waals surface area contributed by atoms with Crippen LogP contribution in [0.1, 0.15) is 23.5 Å². The Hall–Kier alpha value is -2.61. The Labute approximate surface area is 145 Å². The van der Waals surface area contributed by atoms with Crippen LogP contribution in [0, 0.1) is 20.2 Å². The van der Waals surface area contributed by atoms with Crippen molar-refractivity contribution in [3.05, 3.63) is 78.3 Å². The van der Waals surface area contributed by atoms with E-state index in [0.29, 0.717) is 5.56 Å². The lowest BCUT2D eigenvalue weighted by atomic mass is 9.89. The number of carbonyl (C=O) groups is 1. The molecule has 0 fully saturated rings. The lowest BCUT2D eigenvalue weighted by Crippen LogP contribution is -2.06. The third-order valence-corrected chi connectivity index (χ3v) is 4.19. The molecule has 8 heteroatoms. The van der Waals surface area contributed by atoms with Gasteiger partial charge in [-0.1, -0.05) is 28.1 Å². The second-order valence-corrected chi connectivity index (χ2v) is 6.10. The average Bonchev–Trinajstić information content (AvgIpc) is 2.55. The minimum Gasteiger partial charge on any atom is -0.303 e. The molecule has 0 saturated carbocycles. The van der Waals surface area contributed by atoms with Gasteiger partial charge in [0.2, 0.25) is 0 Å². The largest absolute Gasteiger partial charge is 0.303 e. The molecule has 0 aromatic heterocycles. The Balaban J connectivity index is 2.38. The van der Waals surface area contributed by atoms with Gasteiger partial charge in [0.05, 0.1) is 15.9 Å². The van der Waals surface area contributed by atoms with Gasteiger partial charge in [-0.25, -0.2) is 0 Å². The molecular formula is C16H13BrN2O5. The molecule has 2 aromatic carbocycles.